The highest BCUT2D eigenvalue weighted by molar-refractivity contribution is 9.10. The van der Waals surface area contributed by atoms with Crippen molar-refractivity contribution in [2.45, 2.75) is 19.9 Å². The number of rotatable bonds is 4. The lowest BCUT2D eigenvalue weighted by molar-refractivity contribution is 0.0525. The van der Waals surface area contributed by atoms with Gasteiger partial charge >= 0.3 is 12.0 Å². The van der Waals surface area contributed by atoms with E-state index in [9.17, 15) is 18.4 Å². The molecule has 0 aliphatic carbocycles. The second-order valence-corrected chi connectivity index (χ2v) is 6.88. The molecule has 0 radical (unpaired) electrons. The summed E-state index contributed by atoms with van der Waals surface area (Å²) < 4.78 is 32.8. The van der Waals surface area contributed by atoms with E-state index in [-0.39, 0.29) is 18.7 Å². The number of benzene rings is 2. The molecular formula is C19H17BrF2N2O3. The average Bonchev–Trinajstić information content (AvgIpc) is 3.02. The van der Waals surface area contributed by atoms with Crippen LogP contribution in [-0.4, -0.2) is 25.2 Å². The van der Waals surface area contributed by atoms with E-state index in [1.165, 1.54) is 23.1 Å². The molecule has 2 aromatic rings. The van der Waals surface area contributed by atoms with E-state index in [0.717, 1.165) is 11.6 Å². The van der Waals surface area contributed by atoms with Crippen molar-refractivity contribution < 1.29 is 23.1 Å². The Kier molecular flexibility index (Phi) is 5.74. The SMILES string of the molecule is CCOC(=O)c1cc(F)cc(CNC(=O)N2CCc3cc(Br)c(F)cc32)c1. The summed E-state index contributed by atoms with van der Waals surface area (Å²) in [6.45, 7) is 2.29. The second-order valence-electron chi connectivity index (χ2n) is 6.02. The maximum atomic E-state index is 13.8. The largest absolute Gasteiger partial charge is 0.462 e. The first kappa shape index (κ1) is 19.3. The van der Waals surface area contributed by atoms with Crippen molar-refractivity contribution in [2.75, 3.05) is 18.1 Å². The van der Waals surface area contributed by atoms with Crippen LogP contribution in [0.1, 0.15) is 28.4 Å². The fourth-order valence-electron chi connectivity index (χ4n) is 2.95. The molecule has 2 aromatic carbocycles. The number of nitrogens with one attached hydrogen (secondary N) is 1. The Morgan fingerprint density at radius 1 is 1.22 bits per heavy atom. The summed E-state index contributed by atoms with van der Waals surface area (Å²) in [4.78, 5) is 25.7. The fraction of sp³-hybridized carbons (Fsp3) is 0.263. The van der Waals surface area contributed by atoms with Crippen LogP contribution >= 0.6 is 15.9 Å². The van der Waals surface area contributed by atoms with Crippen molar-refractivity contribution in [1.82, 2.24) is 5.32 Å². The first-order valence-corrected chi connectivity index (χ1v) is 9.18. The zero-order chi connectivity index (χ0) is 19.6. The van der Waals surface area contributed by atoms with Crippen molar-refractivity contribution >= 4 is 33.6 Å². The predicted octanol–water partition coefficient (Wildman–Crippen LogP) is 4.18. The van der Waals surface area contributed by atoms with Crippen LogP contribution in [-0.2, 0) is 17.7 Å². The molecule has 0 spiro atoms. The highest BCUT2D eigenvalue weighted by Crippen LogP contribution is 2.32. The van der Waals surface area contributed by atoms with E-state index in [1.54, 1.807) is 13.0 Å². The number of carbonyl (C=O) groups is 2. The number of halogens is 3. The third-order valence-corrected chi connectivity index (χ3v) is 4.78. The van der Waals surface area contributed by atoms with Crippen LogP contribution < -0.4 is 10.2 Å². The molecule has 1 aliphatic rings. The van der Waals surface area contributed by atoms with Crippen LogP contribution in [0.4, 0.5) is 19.3 Å². The molecule has 0 aromatic heterocycles. The molecule has 142 valence electrons. The molecule has 3 rings (SSSR count). The number of hydrogen-bond donors (Lipinski definition) is 1. The van der Waals surface area contributed by atoms with Crippen molar-refractivity contribution in [3.8, 4) is 0 Å². The van der Waals surface area contributed by atoms with Crippen molar-refractivity contribution in [1.29, 1.82) is 0 Å². The molecule has 8 heteroatoms. The van der Waals surface area contributed by atoms with Gasteiger partial charge in [-0.3, -0.25) is 4.90 Å². The number of ether oxygens (including phenoxy) is 1. The van der Waals surface area contributed by atoms with E-state index in [4.69, 9.17) is 4.74 Å². The van der Waals surface area contributed by atoms with Crippen LogP contribution in [0.5, 0.6) is 0 Å². The lowest BCUT2D eigenvalue weighted by Gasteiger charge is -2.18. The van der Waals surface area contributed by atoms with Gasteiger partial charge in [-0.15, -0.1) is 0 Å². The molecule has 1 heterocycles. The van der Waals surface area contributed by atoms with Gasteiger partial charge in [0.2, 0.25) is 0 Å². The van der Waals surface area contributed by atoms with Gasteiger partial charge in [0, 0.05) is 13.1 Å². The molecular weight excluding hydrogens is 422 g/mol. The lowest BCUT2D eigenvalue weighted by atomic mass is 10.1. The molecule has 0 fully saturated rings. The zero-order valence-electron chi connectivity index (χ0n) is 14.5. The number of carbonyl (C=O) groups excluding carboxylic acids is 2. The number of amides is 2. The molecule has 2 amide bonds. The summed E-state index contributed by atoms with van der Waals surface area (Å²) in [7, 11) is 0. The van der Waals surface area contributed by atoms with Gasteiger partial charge < -0.3 is 10.1 Å². The Balaban J connectivity index is 1.71. The lowest BCUT2D eigenvalue weighted by Crippen LogP contribution is -2.38. The Bertz CT molecular complexity index is 905. The van der Waals surface area contributed by atoms with Crippen LogP contribution in [0.25, 0.3) is 0 Å². The normalized spacial score (nSPS) is 12.7. The molecule has 0 saturated heterocycles. The third kappa shape index (κ3) is 4.27. The number of fused-ring (bicyclic) bond motifs is 1. The van der Waals surface area contributed by atoms with Crippen LogP contribution in [0.3, 0.4) is 0 Å². The van der Waals surface area contributed by atoms with Gasteiger partial charge in [0.1, 0.15) is 11.6 Å². The molecule has 1 N–H and O–H groups in total. The van der Waals surface area contributed by atoms with Gasteiger partial charge in [0.15, 0.2) is 0 Å². The summed E-state index contributed by atoms with van der Waals surface area (Å²) in [6.07, 6.45) is 0.620. The fourth-order valence-corrected chi connectivity index (χ4v) is 3.34. The Hall–Kier alpha value is -2.48. The minimum atomic E-state index is -0.626. The number of nitrogens with zero attached hydrogens (tertiary/aromatic N) is 1. The van der Waals surface area contributed by atoms with Crippen LogP contribution in [0.15, 0.2) is 34.8 Å². The third-order valence-electron chi connectivity index (χ3n) is 4.17. The maximum Gasteiger partial charge on any atom is 0.338 e. The van der Waals surface area contributed by atoms with Gasteiger partial charge in [-0.2, -0.15) is 0 Å². The average molecular weight is 439 g/mol. The van der Waals surface area contributed by atoms with Gasteiger partial charge in [-0.05, 0) is 70.7 Å². The quantitative estimate of drug-likeness (QED) is 0.728. The predicted molar refractivity (Wildman–Crippen MR) is 99.7 cm³/mol. The summed E-state index contributed by atoms with van der Waals surface area (Å²) in [5.74, 6) is -1.67. The molecule has 0 atom stereocenters. The molecule has 0 bridgehead atoms. The number of hydrogen-bond acceptors (Lipinski definition) is 3. The molecule has 5 nitrogen and oxygen atoms in total. The van der Waals surface area contributed by atoms with E-state index in [0.29, 0.717) is 28.7 Å². The first-order chi connectivity index (χ1) is 12.9. The summed E-state index contributed by atoms with van der Waals surface area (Å²) in [5.41, 5.74) is 1.89. The highest BCUT2D eigenvalue weighted by Gasteiger charge is 2.26. The maximum absolute atomic E-state index is 13.8. The van der Waals surface area contributed by atoms with Crippen LogP contribution in [0.2, 0.25) is 0 Å². The van der Waals surface area contributed by atoms with E-state index in [2.05, 4.69) is 21.2 Å². The van der Waals surface area contributed by atoms with Crippen molar-refractivity contribution in [3.05, 3.63) is 63.1 Å². The van der Waals surface area contributed by atoms with Gasteiger partial charge in [-0.25, -0.2) is 18.4 Å². The Morgan fingerprint density at radius 2 is 2.00 bits per heavy atom. The first-order valence-electron chi connectivity index (χ1n) is 8.39. The minimum Gasteiger partial charge on any atom is -0.462 e. The number of esters is 1. The smallest absolute Gasteiger partial charge is 0.338 e. The van der Waals surface area contributed by atoms with E-state index < -0.39 is 23.6 Å². The van der Waals surface area contributed by atoms with E-state index in [1.807, 2.05) is 0 Å². The zero-order valence-corrected chi connectivity index (χ0v) is 16.1. The van der Waals surface area contributed by atoms with E-state index >= 15 is 0 Å². The second kappa shape index (κ2) is 8.04. The van der Waals surface area contributed by atoms with Gasteiger partial charge in [0.25, 0.3) is 0 Å². The molecule has 1 aliphatic heterocycles. The molecule has 0 unspecified atom stereocenters. The Morgan fingerprint density at radius 3 is 2.74 bits per heavy atom. The van der Waals surface area contributed by atoms with Crippen molar-refractivity contribution in [2.24, 2.45) is 0 Å². The highest BCUT2D eigenvalue weighted by atomic mass is 79.9. The standard InChI is InChI=1S/C19H17BrF2N2O3/c1-2-27-18(25)13-5-11(6-14(21)7-13)10-23-19(26)24-4-3-12-8-15(20)16(22)9-17(12)24/h5-9H,2-4,10H2,1H3,(H,23,26). The summed E-state index contributed by atoms with van der Waals surface area (Å²) in [6, 6.07) is 6.34. The summed E-state index contributed by atoms with van der Waals surface area (Å²) in [5, 5.41) is 2.68. The van der Waals surface area contributed by atoms with Crippen molar-refractivity contribution in [3.63, 3.8) is 0 Å². The number of anilines is 1. The molecule has 27 heavy (non-hydrogen) atoms. The van der Waals surface area contributed by atoms with Crippen LogP contribution in [0, 0.1) is 11.6 Å². The minimum absolute atomic E-state index is 0.0217. The number of urea groups is 1. The van der Waals surface area contributed by atoms with Gasteiger partial charge in [0.05, 0.1) is 22.3 Å². The van der Waals surface area contributed by atoms with Gasteiger partial charge in [-0.1, -0.05) is 0 Å². The monoisotopic (exact) mass is 438 g/mol. The summed E-state index contributed by atoms with van der Waals surface area (Å²) >= 11 is 3.14. The Labute approximate surface area is 163 Å². The topological polar surface area (TPSA) is 58.6 Å². The molecule has 0 saturated carbocycles.